The van der Waals surface area contributed by atoms with E-state index in [1.54, 1.807) is 6.92 Å². The maximum absolute atomic E-state index is 10.7. The van der Waals surface area contributed by atoms with E-state index in [-0.39, 0.29) is 18.4 Å². The predicted molar refractivity (Wildman–Crippen MR) is 42.4 cm³/mol. The minimum atomic E-state index is 0.186. The summed E-state index contributed by atoms with van der Waals surface area (Å²) in [4.78, 5) is 12.8. The fourth-order valence-electron chi connectivity index (χ4n) is 1.60. The molecule has 1 aliphatic rings. The number of carbonyl (C=O) groups excluding carboxylic acids is 1. The number of nitrogens with zero attached hydrogens (tertiary/aromatic N) is 1. The van der Waals surface area contributed by atoms with Gasteiger partial charge in [-0.2, -0.15) is 0 Å². The van der Waals surface area contributed by atoms with Gasteiger partial charge in [-0.25, -0.2) is 0 Å². The number of ketones is 1. The van der Waals surface area contributed by atoms with Gasteiger partial charge >= 0.3 is 0 Å². The lowest BCUT2D eigenvalue weighted by molar-refractivity contribution is -0.118. The van der Waals surface area contributed by atoms with Crippen molar-refractivity contribution in [1.82, 2.24) is 4.90 Å². The summed E-state index contributed by atoms with van der Waals surface area (Å²) in [7, 11) is 0. The summed E-state index contributed by atoms with van der Waals surface area (Å²) in [6, 6.07) is 0.235. The van der Waals surface area contributed by atoms with Gasteiger partial charge in [0.2, 0.25) is 0 Å². The molecule has 0 aromatic heterocycles. The Hall–Kier alpha value is -0.410. The summed E-state index contributed by atoms with van der Waals surface area (Å²) in [6.45, 7) is 3.25. The summed E-state index contributed by atoms with van der Waals surface area (Å²) in [6.07, 6.45) is 2.14. The molecule has 0 saturated carbocycles. The van der Waals surface area contributed by atoms with Crippen LogP contribution in [0.1, 0.15) is 19.8 Å². The first-order valence-corrected chi connectivity index (χ1v) is 4.08. The van der Waals surface area contributed by atoms with Crippen molar-refractivity contribution in [2.24, 2.45) is 0 Å². The molecule has 1 N–H and O–H groups in total. The Labute approximate surface area is 67.0 Å². The Morgan fingerprint density at radius 3 is 3.00 bits per heavy atom. The highest BCUT2D eigenvalue weighted by Crippen LogP contribution is 2.15. The van der Waals surface area contributed by atoms with Gasteiger partial charge in [-0.05, 0) is 26.3 Å². The first-order valence-electron chi connectivity index (χ1n) is 4.08. The van der Waals surface area contributed by atoms with Gasteiger partial charge in [0.25, 0.3) is 0 Å². The number of carbonyl (C=O) groups is 1. The molecule has 3 heteroatoms. The first-order chi connectivity index (χ1) is 5.24. The number of hydrogen-bond donors (Lipinski definition) is 1. The van der Waals surface area contributed by atoms with Crippen molar-refractivity contribution in [3.63, 3.8) is 0 Å². The van der Waals surface area contributed by atoms with E-state index in [1.807, 2.05) is 0 Å². The van der Waals surface area contributed by atoms with Crippen molar-refractivity contribution in [3.05, 3.63) is 0 Å². The quantitative estimate of drug-likeness (QED) is 0.628. The summed E-state index contributed by atoms with van der Waals surface area (Å²) in [5.74, 6) is 0.186. The standard InChI is InChI=1S/C8H15NO2/c1-7(11)5-9-4-2-3-8(9)6-10/h8,10H,2-6H2,1H3/t8-/m0/s1. The molecule has 0 bridgehead atoms. The number of Topliss-reactive ketones (excluding diaryl/α,β-unsaturated/α-hetero) is 1. The Balaban J connectivity index is 2.37. The molecule has 3 nitrogen and oxygen atoms in total. The van der Waals surface area contributed by atoms with Crippen LogP contribution in [0.15, 0.2) is 0 Å². The third kappa shape index (κ3) is 2.27. The van der Waals surface area contributed by atoms with Gasteiger partial charge in [-0.3, -0.25) is 9.69 Å². The molecule has 1 heterocycles. The number of rotatable bonds is 3. The normalized spacial score (nSPS) is 25.8. The zero-order valence-electron chi connectivity index (χ0n) is 6.92. The van der Waals surface area contributed by atoms with Crippen LogP contribution < -0.4 is 0 Å². The van der Waals surface area contributed by atoms with Crippen molar-refractivity contribution in [2.75, 3.05) is 19.7 Å². The van der Waals surface area contributed by atoms with E-state index in [4.69, 9.17) is 5.11 Å². The maximum atomic E-state index is 10.7. The van der Waals surface area contributed by atoms with Crippen molar-refractivity contribution >= 4 is 5.78 Å². The van der Waals surface area contributed by atoms with Crippen LogP contribution in [0.4, 0.5) is 0 Å². The Morgan fingerprint density at radius 2 is 2.45 bits per heavy atom. The molecule has 11 heavy (non-hydrogen) atoms. The number of likely N-dealkylation sites (tertiary alicyclic amines) is 1. The Bertz CT molecular complexity index is 147. The zero-order chi connectivity index (χ0) is 8.27. The molecule has 0 spiro atoms. The van der Waals surface area contributed by atoms with E-state index in [9.17, 15) is 4.79 Å². The second kappa shape index (κ2) is 3.83. The van der Waals surface area contributed by atoms with Crippen LogP contribution in [0.25, 0.3) is 0 Å². The highest BCUT2D eigenvalue weighted by molar-refractivity contribution is 5.77. The highest BCUT2D eigenvalue weighted by Gasteiger charge is 2.23. The van der Waals surface area contributed by atoms with Gasteiger partial charge in [-0.15, -0.1) is 0 Å². The predicted octanol–water partition coefficient (Wildman–Crippen LogP) is 0.0321. The fourth-order valence-corrected chi connectivity index (χ4v) is 1.60. The van der Waals surface area contributed by atoms with Crippen molar-refractivity contribution < 1.29 is 9.90 Å². The molecule has 1 saturated heterocycles. The lowest BCUT2D eigenvalue weighted by Crippen LogP contribution is -2.35. The van der Waals surface area contributed by atoms with Gasteiger partial charge in [0, 0.05) is 6.04 Å². The molecular formula is C8H15NO2. The second-order valence-electron chi connectivity index (χ2n) is 3.15. The number of aliphatic hydroxyl groups is 1. The van der Waals surface area contributed by atoms with Crippen molar-refractivity contribution in [1.29, 1.82) is 0 Å². The van der Waals surface area contributed by atoms with Crippen LogP contribution in [0.2, 0.25) is 0 Å². The molecule has 1 rings (SSSR count). The van der Waals surface area contributed by atoms with E-state index in [0.29, 0.717) is 6.54 Å². The summed E-state index contributed by atoms with van der Waals surface area (Å²) < 4.78 is 0. The lowest BCUT2D eigenvalue weighted by Gasteiger charge is -2.20. The molecule has 0 aromatic rings. The van der Waals surface area contributed by atoms with Crippen LogP contribution in [0.5, 0.6) is 0 Å². The topological polar surface area (TPSA) is 40.5 Å². The van der Waals surface area contributed by atoms with E-state index in [1.165, 1.54) is 0 Å². The molecule has 64 valence electrons. The van der Waals surface area contributed by atoms with Crippen LogP contribution in [0, 0.1) is 0 Å². The van der Waals surface area contributed by atoms with Gasteiger partial charge in [0.15, 0.2) is 0 Å². The summed E-state index contributed by atoms with van der Waals surface area (Å²) in [5, 5.41) is 8.90. The largest absolute Gasteiger partial charge is 0.395 e. The van der Waals surface area contributed by atoms with Crippen LogP contribution in [-0.2, 0) is 4.79 Å². The van der Waals surface area contributed by atoms with E-state index >= 15 is 0 Å². The Kier molecular flexibility index (Phi) is 3.02. The molecule has 0 aromatic carbocycles. The monoisotopic (exact) mass is 157 g/mol. The molecule has 0 radical (unpaired) electrons. The molecule has 1 aliphatic heterocycles. The third-order valence-electron chi connectivity index (χ3n) is 2.14. The SMILES string of the molecule is CC(=O)CN1CCC[C@H]1CO. The number of hydrogen-bond acceptors (Lipinski definition) is 3. The second-order valence-corrected chi connectivity index (χ2v) is 3.15. The summed E-state index contributed by atoms with van der Waals surface area (Å²) >= 11 is 0. The molecule has 0 unspecified atom stereocenters. The molecule has 1 atom stereocenters. The highest BCUT2D eigenvalue weighted by atomic mass is 16.3. The number of aliphatic hydroxyl groups excluding tert-OH is 1. The van der Waals surface area contributed by atoms with Gasteiger partial charge in [0.05, 0.1) is 13.2 Å². The average molecular weight is 157 g/mol. The average Bonchev–Trinajstić information content (AvgIpc) is 2.34. The van der Waals surface area contributed by atoms with Gasteiger partial charge in [-0.1, -0.05) is 0 Å². The van der Waals surface area contributed by atoms with Crippen LogP contribution in [-0.4, -0.2) is 41.5 Å². The zero-order valence-corrected chi connectivity index (χ0v) is 6.92. The van der Waals surface area contributed by atoms with Crippen molar-refractivity contribution in [3.8, 4) is 0 Å². The van der Waals surface area contributed by atoms with E-state index < -0.39 is 0 Å². The van der Waals surface area contributed by atoms with E-state index in [0.717, 1.165) is 19.4 Å². The first kappa shape index (κ1) is 8.68. The molecule has 0 aliphatic carbocycles. The smallest absolute Gasteiger partial charge is 0.143 e. The van der Waals surface area contributed by atoms with Crippen LogP contribution in [0.3, 0.4) is 0 Å². The molecule has 1 fully saturated rings. The van der Waals surface area contributed by atoms with Crippen LogP contribution >= 0.6 is 0 Å². The fraction of sp³-hybridized carbons (Fsp3) is 0.875. The Morgan fingerprint density at radius 1 is 1.73 bits per heavy atom. The third-order valence-corrected chi connectivity index (χ3v) is 2.14. The maximum Gasteiger partial charge on any atom is 0.143 e. The van der Waals surface area contributed by atoms with Crippen molar-refractivity contribution in [2.45, 2.75) is 25.8 Å². The van der Waals surface area contributed by atoms with Gasteiger partial charge < -0.3 is 5.11 Å². The molecular weight excluding hydrogens is 142 g/mol. The minimum Gasteiger partial charge on any atom is -0.395 e. The lowest BCUT2D eigenvalue weighted by atomic mass is 10.2. The summed E-state index contributed by atoms with van der Waals surface area (Å²) in [5.41, 5.74) is 0. The molecule has 0 amide bonds. The van der Waals surface area contributed by atoms with E-state index in [2.05, 4.69) is 4.90 Å². The van der Waals surface area contributed by atoms with Gasteiger partial charge in [0.1, 0.15) is 5.78 Å². The minimum absolute atomic E-state index is 0.186.